The third kappa shape index (κ3) is 2.90. The van der Waals surface area contributed by atoms with Crippen molar-refractivity contribution in [3.8, 4) is 6.07 Å². The summed E-state index contributed by atoms with van der Waals surface area (Å²) in [5.74, 6) is 1.37. The first kappa shape index (κ1) is 14.9. The first-order valence-electron chi connectivity index (χ1n) is 7.89. The maximum absolute atomic E-state index is 8.79. The van der Waals surface area contributed by atoms with Crippen molar-refractivity contribution in [3.05, 3.63) is 35.8 Å². The Kier molecular flexibility index (Phi) is 3.78. The molecule has 4 rings (SSSR count). The third-order valence-electron chi connectivity index (χ3n) is 4.17. The SMILES string of the molecule is Cc1cn2nc(N3CC[C@@H](CNc4ccc(C#N)cn4)C3)sc2n1. The summed E-state index contributed by atoms with van der Waals surface area (Å²) in [4.78, 5) is 12.0. The molecule has 122 valence electrons. The van der Waals surface area contributed by atoms with Crippen molar-refractivity contribution in [1.29, 1.82) is 5.26 Å². The smallest absolute Gasteiger partial charge is 0.214 e. The molecule has 0 aliphatic carbocycles. The number of aromatic nitrogens is 4. The van der Waals surface area contributed by atoms with Crippen LogP contribution in [0, 0.1) is 24.2 Å². The number of aryl methyl sites for hydroxylation is 1. The first-order chi connectivity index (χ1) is 11.7. The van der Waals surface area contributed by atoms with Gasteiger partial charge in [0.25, 0.3) is 0 Å². The van der Waals surface area contributed by atoms with Gasteiger partial charge in [0.05, 0.1) is 17.5 Å². The highest BCUT2D eigenvalue weighted by molar-refractivity contribution is 7.20. The Bertz CT molecular complexity index is 858. The van der Waals surface area contributed by atoms with Gasteiger partial charge >= 0.3 is 0 Å². The van der Waals surface area contributed by atoms with E-state index in [1.807, 2.05) is 23.7 Å². The predicted octanol–water partition coefficient (Wildman–Crippen LogP) is 2.30. The van der Waals surface area contributed by atoms with E-state index in [2.05, 4.69) is 31.4 Å². The van der Waals surface area contributed by atoms with E-state index in [1.54, 1.807) is 23.6 Å². The molecule has 0 amide bonds. The average molecular weight is 339 g/mol. The molecule has 0 saturated carbocycles. The standard InChI is InChI=1S/C16H17N7S/c1-11-9-23-15(20-11)24-16(21-23)22-5-4-13(10-22)8-19-14-3-2-12(6-17)7-18-14/h2-3,7,9,13H,4-5,8,10H2,1H3,(H,18,19)/t13-/m0/s1. The number of anilines is 2. The number of nitriles is 1. The molecular weight excluding hydrogens is 322 g/mol. The van der Waals surface area contributed by atoms with E-state index >= 15 is 0 Å². The van der Waals surface area contributed by atoms with Gasteiger partial charge in [-0.2, -0.15) is 5.26 Å². The zero-order valence-electron chi connectivity index (χ0n) is 13.3. The van der Waals surface area contributed by atoms with Crippen LogP contribution in [-0.4, -0.2) is 39.2 Å². The second-order valence-corrected chi connectivity index (χ2v) is 6.95. The molecular formula is C16H17N7S. The second kappa shape index (κ2) is 6.09. The number of fused-ring (bicyclic) bond motifs is 1. The molecule has 1 saturated heterocycles. The lowest BCUT2D eigenvalue weighted by Gasteiger charge is -2.15. The van der Waals surface area contributed by atoms with Crippen LogP contribution in [0.2, 0.25) is 0 Å². The van der Waals surface area contributed by atoms with Crippen molar-refractivity contribution in [3.63, 3.8) is 0 Å². The molecule has 1 atom stereocenters. The van der Waals surface area contributed by atoms with Crippen molar-refractivity contribution in [1.82, 2.24) is 19.6 Å². The number of hydrogen-bond donors (Lipinski definition) is 1. The summed E-state index contributed by atoms with van der Waals surface area (Å²) in [6, 6.07) is 5.71. The molecule has 0 bridgehead atoms. The quantitative estimate of drug-likeness (QED) is 0.785. The molecule has 1 aliphatic heterocycles. The van der Waals surface area contributed by atoms with Gasteiger partial charge in [0.1, 0.15) is 11.9 Å². The lowest BCUT2D eigenvalue weighted by atomic mass is 10.1. The van der Waals surface area contributed by atoms with Crippen molar-refractivity contribution in [2.24, 2.45) is 5.92 Å². The Labute approximate surface area is 143 Å². The van der Waals surface area contributed by atoms with Crippen LogP contribution < -0.4 is 10.2 Å². The zero-order valence-corrected chi connectivity index (χ0v) is 14.1. The Hall–Kier alpha value is -2.66. The first-order valence-corrected chi connectivity index (χ1v) is 8.71. The van der Waals surface area contributed by atoms with Crippen LogP contribution in [0.1, 0.15) is 17.7 Å². The van der Waals surface area contributed by atoms with Crippen molar-refractivity contribution >= 4 is 27.2 Å². The van der Waals surface area contributed by atoms with Crippen LogP contribution >= 0.6 is 11.3 Å². The number of imidazole rings is 1. The van der Waals surface area contributed by atoms with Crippen LogP contribution in [0.4, 0.5) is 10.9 Å². The van der Waals surface area contributed by atoms with Crippen LogP contribution in [-0.2, 0) is 0 Å². The Morgan fingerprint density at radius 2 is 2.38 bits per heavy atom. The minimum absolute atomic E-state index is 0.556. The largest absolute Gasteiger partial charge is 0.370 e. The van der Waals surface area contributed by atoms with E-state index in [9.17, 15) is 0 Å². The minimum Gasteiger partial charge on any atom is -0.370 e. The van der Waals surface area contributed by atoms with E-state index in [0.29, 0.717) is 11.5 Å². The van der Waals surface area contributed by atoms with Crippen molar-refractivity contribution in [2.75, 3.05) is 29.9 Å². The average Bonchev–Trinajstić information content (AvgIpc) is 3.27. The minimum atomic E-state index is 0.556. The fourth-order valence-electron chi connectivity index (χ4n) is 2.91. The lowest BCUT2D eigenvalue weighted by Crippen LogP contribution is -2.22. The van der Waals surface area contributed by atoms with E-state index in [4.69, 9.17) is 5.26 Å². The molecule has 4 heterocycles. The summed E-state index contributed by atoms with van der Waals surface area (Å²) in [5, 5.41) is 17.8. The third-order valence-corrected chi connectivity index (χ3v) is 5.16. The van der Waals surface area contributed by atoms with Gasteiger partial charge in [-0.25, -0.2) is 14.5 Å². The van der Waals surface area contributed by atoms with E-state index in [-0.39, 0.29) is 0 Å². The van der Waals surface area contributed by atoms with Gasteiger partial charge in [0, 0.05) is 25.8 Å². The van der Waals surface area contributed by atoms with Gasteiger partial charge in [-0.3, -0.25) is 0 Å². The van der Waals surface area contributed by atoms with Crippen molar-refractivity contribution in [2.45, 2.75) is 13.3 Å². The lowest BCUT2D eigenvalue weighted by molar-refractivity contribution is 0.621. The van der Waals surface area contributed by atoms with Crippen LogP contribution in [0.25, 0.3) is 4.96 Å². The van der Waals surface area contributed by atoms with Crippen LogP contribution in [0.3, 0.4) is 0 Å². The number of pyridine rings is 1. The number of hydrogen-bond acceptors (Lipinski definition) is 7. The fraction of sp³-hybridized carbons (Fsp3) is 0.375. The van der Waals surface area contributed by atoms with Gasteiger partial charge in [-0.1, -0.05) is 11.3 Å². The highest BCUT2D eigenvalue weighted by atomic mass is 32.1. The molecule has 1 aliphatic rings. The maximum Gasteiger partial charge on any atom is 0.214 e. The van der Waals surface area contributed by atoms with E-state index in [1.165, 1.54) is 0 Å². The Balaban J connectivity index is 1.35. The maximum atomic E-state index is 8.79. The molecule has 8 heteroatoms. The highest BCUT2D eigenvalue weighted by Gasteiger charge is 2.25. The fourth-order valence-corrected chi connectivity index (χ4v) is 3.88. The Morgan fingerprint density at radius 1 is 1.46 bits per heavy atom. The van der Waals surface area contributed by atoms with Crippen molar-refractivity contribution < 1.29 is 0 Å². The topological polar surface area (TPSA) is 82.1 Å². The van der Waals surface area contributed by atoms with Crippen LogP contribution in [0.5, 0.6) is 0 Å². The summed E-state index contributed by atoms with van der Waals surface area (Å²) >= 11 is 1.64. The molecule has 7 nitrogen and oxygen atoms in total. The summed E-state index contributed by atoms with van der Waals surface area (Å²) < 4.78 is 1.86. The molecule has 0 spiro atoms. The normalized spacial score (nSPS) is 17.3. The summed E-state index contributed by atoms with van der Waals surface area (Å²) in [6.07, 6.45) is 4.68. The monoisotopic (exact) mass is 339 g/mol. The second-order valence-electron chi connectivity index (χ2n) is 6.02. The number of nitrogens with one attached hydrogen (secondary N) is 1. The highest BCUT2D eigenvalue weighted by Crippen LogP contribution is 2.28. The molecule has 1 N–H and O–H groups in total. The van der Waals surface area contributed by atoms with Gasteiger partial charge in [0.2, 0.25) is 10.1 Å². The zero-order chi connectivity index (χ0) is 16.5. The predicted molar refractivity (Wildman–Crippen MR) is 93.4 cm³/mol. The molecule has 24 heavy (non-hydrogen) atoms. The summed E-state index contributed by atoms with van der Waals surface area (Å²) in [5.41, 5.74) is 1.58. The summed E-state index contributed by atoms with van der Waals surface area (Å²) in [7, 11) is 0. The molecule has 3 aromatic rings. The Morgan fingerprint density at radius 3 is 3.12 bits per heavy atom. The molecule has 0 aromatic carbocycles. The van der Waals surface area contributed by atoms with E-state index in [0.717, 1.165) is 47.7 Å². The molecule has 3 aromatic heterocycles. The van der Waals surface area contributed by atoms with Gasteiger partial charge in [-0.05, 0) is 31.4 Å². The van der Waals surface area contributed by atoms with E-state index < -0.39 is 0 Å². The number of rotatable bonds is 4. The molecule has 0 radical (unpaired) electrons. The molecule has 0 unspecified atom stereocenters. The number of nitrogens with zero attached hydrogens (tertiary/aromatic N) is 6. The summed E-state index contributed by atoms with van der Waals surface area (Å²) in [6.45, 7) is 4.86. The van der Waals surface area contributed by atoms with Gasteiger partial charge < -0.3 is 10.2 Å². The van der Waals surface area contributed by atoms with Gasteiger partial charge in [0.15, 0.2) is 0 Å². The molecule has 1 fully saturated rings. The van der Waals surface area contributed by atoms with Crippen LogP contribution in [0.15, 0.2) is 24.5 Å². The van der Waals surface area contributed by atoms with Gasteiger partial charge in [-0.15, -0.1) is 5.10 Å².